The van der Waals surface area contributed by atoms with E-state index in [4.69, 9.17) is 70.0 Å². The smallest absolute Gasteiger partial charge is 0.344 e. The van der Waals surface area contributed by atoms with Crippen LogP contribution in [0.5, 0.6) is 57.5 Å². The number of thiazole rings is 2. The second kappa shape index (κ2) is 52.6. The Kier molecular flexibility index (Phi) is 40.0. The lowest BCUT2D eigenvalue weighted by atomic mass is 9.82. The first-order valence-electron chi connectivity index (χ1n) is 42.9. The summed E-state index contributed by atoms with van der Waals surface area (Å²) >= 11 is 2.57. The van der Waals surface area contributed by atoms with Crippen LogP contribution in [0.2, 0.25) is 0 Å². The minimum Gasteiger partial charge on any atom is -0.508 e. The van der Waals surface area contributed by atoms with Crippen molar-refractivity contribution in [3.05, 3.63) is 194 Å². The summed E-state index contributed by atoms with van der Waals surface area (Å²) in [6, 6.07) is 36.9. The molecule has 0 spiro atoms. The summed E-state index contributed by atoms with van der Waals surface area (Å²) in [5, 5.41) is 50.5. The number of aromatic nitrogens is 2. The molecule has 0 radical (unpaired) electrons. The first-order valence-corrected chi connectivity index (χ1v) is 44.5. The van der Waals surface area contributed by atoms with Gasteiger partial charge in [0.1, 0.15) is 89.8 Å². The highest BCUT2D eigenvalue weighted by molar-refractivity contribution is 7.22. The highest BCUT2D eigenvalue weighted by Gasteiger charge is 2.36. The molecule has 0 unspecified atom stereocenters. The quantitative estimate of drug-likeness (QED) is 0.00548. The van der Waals surface area contributed by atoms with Gasteiger partial charge < -0.3 is 77.0 Å². The van der Waals surface area contributed by atoms with Gasteiger partial charge in [-0.1, -0.05) is 40.3 Å². The number of unbranched alkanes of at least 4 members (excludes halogenated alkanes) is 3. The van der Waals surface area contributed by atoms with Gasteiger partial charge in [0.15, 0.2) is 33.0 Å². The fourth-order valence-corrected chi connectivity index (χ4v) is 16.3. The number of hydrogen-bond donors (Lipinski definition) is 5. The molecule has 0 atom stereocenters. The van der Waals surface area contributed by atoms with E-state index in [-0.39, 0.29) is 98.8 Å². The highest BCUT2D eigenvalue weighted by atomic mass is 32.1. The van der Waals surface area contributed by atoms with Gasteiger partial charge in [0.2, 0.25) is 0 Å². The predicted octanol–water partition coefficient (Wildman–Crippen LogP) is 19.9. The Morgan fingerprint density at radius 1 is 0.416 bits per heavy atom. The van der Waals surface area contributed by atoms with Crippen LogP contribution in [-0.2, 0) is 57.4 Å². The van der Waals surface area contributed by atoms with Gasteiger partial charge in [-0.05, 0) is 310 Å². The maximum absolute atomic E-state index is 13.8. The summed E-state index contributed by atoms with van der Waals surface area (Å²) < 4.78 is 61.2. The van der Waals surface area contributed by atoms with E-state index in [1.165, 1.54) is 83.3 Å². The molecule has 7 aromatic carbocycles. The van der Waals surface area contributed by atoms with Crippen LogP contribution in [0.4, 0.5) is 0 Å². The maximum atomic E-state index is 13.8. The average molecular weight is 1910 g/mol. The fraction of sp³-hybridized carbons (Fsp3) is 0.262. The number of terminal acetylenes is 2. The molecule has 0 saturated heterocycles. The Labute approximate surface area is 815 Å². The number of carboxylic acid groups (broad SMARTS) is 1. The van der Waals surface area contributed by atoms with Crippen molar-refractivity contribution in [1.82, 2.24) is 9.97 Å². The molecule has 4 aromatic heterocycles. The number of aromatic hydroxyl groups is 4. The van der Waals surface area contributed by atoms with Crippen molar-refractivity contribution in [2.75, 3.05) is 13.2 Å². The molecule has 3 aliphatic carbocycles. The van der Waals surface area contributed by atoms with Crippen molar-refractivity contribution < 1.29 is 134 Å². The number of rotatable bonds is 24. The molecule has 11 aromatic rings. The molecular formula is C107H116BN2O25S2-. The summed E-state index contributed by atoms with van der Waals surface area (Å²) in [5.41, 5.74) is 6.68. The van der Waals surface area contributed by atoms with Crippen LogP contribution in [0.25, 0.3) is 63.9 Å². The Hall–Kier alpha value is -16.6. The fourth-order valence-electron chi connectivity index (χ4n) is 14.3. The second-order valence-corrected chi connectivity index (χ2v) is 32.9. The highest BCUT2D eigenvalue weighted by Crippen LogP contribution is 2.46. The molecule has 0 bridgehead atoms. The van der Waals surface area contributed by atoms with Gasteiger partial charge in [0, 0.05) is 78.8 Å². The number of phenols is 4. The molecule has 5 N–H and O–H groups in total. The maximum Gasteiger partial charge on any atom is 0.344 e. The number of carbonyl (C=O) groups excluding carboxylic acids is 8. The lowest BCUT2D eigenvalue weighted by molar-refractivity contribution is -0.146. The van der Waals surface area contributed by atoms with Crippen molar-refractivity contribution in [3.63, 3.8) is 0 Å². The Morgan fingerprint density at radius 3 is 1.19 bits per heavy atom. The van der Waals surface area contributed by atoms with E-state index in [0.717, 1.165) is 82.5 Å². The number of aliphatic carboxylic acids is 1. The molecule has 720 valence electrons. The zero-order chi connectivity index (χ0) is 97.6. The molecule has 30 heteroatoms. The number of nitrogens with zero attached hydrogens (tertiary/aromatic N) is 2. The lowest BCUT2D eigenvalue weighted by Crippen LogP contribution is -2.30. The van der Waals surface area contributed by atoms with Crippen LogP contribution in [-0.4, -0.2) is 111 Å². The number of esters is 8. The molecule has 14 rings (SSSR count). The average Bonchev–Trinajstić information content (AvgIpc) is 1.62. The molecule has 0 amide bonds. The third-order valence-electron chi connectivity index (χ3n) is 21.2. The molecule has 0 aliphatic heterocycles. The number of phenolic OH excluding ortho intramolecular Hbond substituents is 4. The first kappa shape index (κ1) is 104. The van der Waals surface area contributed by atoms with Gasteiger partial charge in [0.05, 0.1) is 48.7 Å². The van der Waals surface area contributed by atoms with Crippen molar-refractivity contribution in [2.24, 2.45) is 35.5 Å². The van der Waals surface area contributed by atoms with Crippen LogP contribution >= 0.6 is 22.7 Å². The Bertz CT molecular complexity index is 6710. The molecule has 3 fully saturated rings. The molecular weight excluding hydrogens is 1790 g/mol. The van der Waals surface area contributed by atoms with E-state index in [9.17, 15) is 58.5 Å². The number of carboxylic acids is 1. The summed E-state index contributed by atoms with van der Waals surface area (Å²) in [5.74, 6) is 24.3. The van der Waals surface area contributed by atoms with E-state index in [2.05, 4.69) is 117 Å². The van der Waals surface area contributed by atoms with Gasteiger partial charge in [-0.3, -0.25) is 28.8 Å². The Balaban J connectivity index is 0. The van der Waals surface area contributed by atoms with E-state index >= 15 is 0 Å². The normalized spacial score (nSPS) is 15.1. The van der Waals surface area contributed by atoms with Gasteiger partial charge >= 0.3 is 53.7 Å². The van der Waals surface area contributed by atoms with Gasteiger partial charge in [-0.25, -0.2) is 24.4 Å². The number of fused-ring (bicyclic) bond motifs is 4. The number of aryl methyl sites for hydroxylation is 4. The number of carbonyl (C=O) groups is 9. The standard InChI is InChI=1S/C54H55NO13S.C17H13NO3S.C14H16O5.2C11H4O2.BH4.10H2/c1-4-47(57)63-28-8-6-5-7-27-62-39-21-23-41(24-22-39)65-52(59)35-9-13-36(14-10-35)53(60)67-43-25-26-44(49-48(43)55-50(69-49)46-31-42-33(3)29-32(2)30-45(42)66-46)68-54(61)37-15-11-34(12-16-37)51(58)64-40-19-17-38(56)18-20-40;1-8-5-9(2)10-7-14(21-13(10)6-8)17-18-15-11(19)3-4-12(20)16(15)22-17;15-11-5-7-12(8-6-11)19-14(18)10-3-1-9(2-4-10)13(16)17;2*1-3-5-6-7-8-9-10-13-11(12)4-2;;;;;;;;;;;/h4,17-26,29-31,34-37,56H,1,5-16,27-28H2,2-3H3;3-7,19-20H,1-2H3;5-10,15H,1-4H2,(H,16,17);2*1,4H,2H2;1H4;10*1H/q;;;;;-1;;;;;;;;;;. The summed E-state index contributed by atoms with van der Waals surface area (Å²) in [4.78, 5) is 117. The monoisotopic (exact) mass is 1900 g/mol. The minimum atomic E-state index is -0.787. The third kappa shape index (κ3) is 31.5. The molecule has 137 heavy (non-hydrogen) atoms. The second-order valence-electron chi connectivity index (χ2n) is 30.9. The Morgan fingerprint density at radius 2 is 0.774 bits per heavy atom. The molecule has 27 nitrogen and oxygen atoms in total. The zero-order valence-electron chi connectivity index (χ0n) is 74.5. The van der Waals surface area contributed by atoms with Crippen molar-refractivity contribution in [1.29, 1.82) is 0 Å². The van der Waals surface area contributed by atoms with Gasteiger partial charge in [-0.2, -0.15) is 0 Å². The number of hydrogen-bond acceptors (Lipinski definition) is 28. The lowest BCUT2D eigenvalue weighted by Gasteiger charge is -2.26. The topological polar surface area (TPSA) is 390 Å². The summed E-state index contributed by atoms with van der Waals surface area (Å²) in [6.45, 7) is 18.7. The van der Waals surface area contributed by atoms with E-state index in [1.807, 2.05) is 64.2 Å². The van der Waals surface area contributed by atoms with Gasteiger partial charge in [-0.15, -0.1) is 35.5 Å². The number of benzene rings is 7. The van der Waals surface area contributed by atoms with Crippen molar-refractivity contribution in [2.45, 2.75) is 130 Å². The first-order chi connectivity index (χ1) is 65.6. The van der Waals surface area contributed by atoms with Crippen LogP contribution in [0, 0.1) is 159 Å². The zero-order valence-corrected chi connectivity index (χ0v) is 76.1. The summed E-state index contributed by atoms with van der Waals surface area (Å²) in [6.07, 6.45) is 26.1. The number of ether oxygens (including phenoxy) is 9. The predicted molar refractivity (Wildman–Crippen MR) is 541 cm³/mol. The molecule has 4 heterocycles. The van der Waals surface area contributed by atoms with E-state index in [0.29, 0.717) is 161 Å². The minimum absolute atomic E-state index is 0. The molecule has 3 saturated carbocycles. The van der Waals surface area contributed by atoms with Crippen molar-refractivity contribution >= 4 is 127 Å². The van der Waals surface area contributed by atoms with Crippen LogP contribution in [0.3, 0.4) is 0 Å². The molecule has 3 aliphatic rings. The largest absolute Gasteiger partial charge is 0.508 e. The van der Waals surface area contributed by atoms with E-state index in [1.54, 1.807) is 36.4 Å². The SMILES string of the molecule is C#CC#CC#CC#COC(=O)C=C.C#CC#CC#CC#COC(=O)C=C.C=CC(=O)OCCCCCCOc1ccc(OC(=O)C2CCC(C(=O)Oc3ccc(OC(=O)C4CCC(C(=O)Oc5ccc(O)cc5)CC4)c4sc(-c5cc6c(C)cc(C)cc6o5)nc34)CC2)cc1.Cc1cc(C)c2cc(-c3nc4c(O)ccc(O)c4s3)oc2c1.O=C(O)C1CCC(C(=O)Oc2ccc(O)cc2)CC1.[BH4-].[HH].[HH].[HH].[HH].[HH].[HH].[HH].[HH].[HH].[HH]. The number of furan rings is 2. The van der Waals surface area contributed by atoms with Crippen LogP contribution in [0.1, 0.15) is 139 Å². The van der Waals surface area contributed by atoms with Crippen molar-refractivity contribution in [3.8, 4) is 175 Å². The van der Waals surface area contributed by atoms with Crippen LogP contribution < -0.4 is 28.4 Å². The van der Waals surface area contributed by atoms with Crippen LogP contribution in [0.15, 0.2) is 180 Å². The third-order valence-corrected chi connectivity index (χ3v) is 23.4. The summed E-state index contributed by atoms with van der Waals surface area (Å²) in [7, 11) is 0. The van der Waals surface area contributed by atoms with Gasteiger partial charge in [0.25, 0.3) is 0 Å². The van der Waals surface area contributed by atoms with E-state index < -0.39 is 47.7 Å².